The van der Waals surface area contributed by atoms with Crippen molar-refractivity contribution in [3.8, 4) is 5.69 Å². The number of thiophene rings is 1. The summed E-state index contributed by atoms with van der Waals surface area (Å²) in [4.78, 5) is 39.4. The number of hydrogen-bond acceptors (Lipinski definition) is 6. The first kappa shape index (κ1) is 22.3. The molecule has 8 nitrogen and oxygen atoms in total. The highest BCUT2D eigenvalue weighted by atomic mass is 35.5. The first-order valence-corrected chi connectivity index (χ1v) is 12.1. The van der Waals surface area contributed by atoms with Crippen molar-refractivity contribution >= 4 is 60.6 Å². The Morgan fingerprint density at radius 3 is 2.41 bits per heavy atom. The topological polar surface area (TPSA) is 126 Å². The highest BCUT2D eigenvalue weighted by molar-refractivity contribution is 7.90. The summed E-state index contributed by atoms with van der Waals surface area (Å²) in [6, 6.07) is 9.85. The van der Waals surface area contributed by atoms with Crippen LogP contribution < -0.4 is 11.2 Å². The number of hydrogen-bond donors (Lipinski definition) is 2. The quantitative estimate of drug-likeness (QED) is 0.421. The van der Waals surface area contributed by atoms with E-state index in [0.29, 0.717) is 4.57 Å². The van der Waals surface area contributed by atoms with Crippen molar-refractivity contribution in [1.29, 1.82) is 0 Å². The molecule has 0 saturated heterocycles. The van der Waals surface area contributed by atoms with Crippen LogP contribution in [0, 0.1) is 0 Å². The Morgan fingerprint density at radius 1 is 1.09 bits per heavy atom. The second-order valence-corrected chi connectivity index (χ2v) is 10.4. The van der Waals surface area contributed by atoms with E-state index in [4.69, 9.17) is 23.2 Å². The lowest BCUT2D eigenvalue weighted by atomic mass is 10.2. The highest BCUT2D eigenvalue weighted by Gasteiger charge is 2.22. The number of carboxylic acids is 1. The minimum Gasteiger partial charge on any atom is -0.478 e. The Labute approximate surface area is 194 Å². The summed E-state index contributed by atoms with van der Waals surface area (Å²) in [6.07, 6.45) is 0. The number of fused-ring (bicyclic) bond motifs is 1. The summed E-state index contributed by atoms with van der Waals surface area (Å²) in [6.45, 7) is 0. The number of H-pyrrole nitrogens is 1. The van der Waals surface area contributed by atoms with Gasteiger partial charge in [-0.3, -0.25) is 9.78 Å². The van der Waals surface area contributed by atoms with Gasteiger partial charge in [0.2, 0.25) is 0 Å². The average Bonchev–Trinajstić information content (AvgIpc) is 3.15. The van der Waals surface area contributed by atoms with E-state index in [2.05, 4.69) is 4.98 Å². The van der Waals surface area contributed by atoms with Gasteiger partial charge in [0.15, 0.2) is 9.84 Å². The van der Waals surface area contributed by atoms with Crippen LogP contribution >= 0.6 is 34.5 Å². The molecule has 2 aromatic carbocycles. The molecule has 2 heterocycles. The molecule has 2 aromatic heterocycles. The second-order valence-electron chi connectivity index (χ2n) is 6.69. The van der Waals surface area contributed by atoms with E-state index in [9.17, 15) is 27.9 Å². The number of carbonyl (C=O) groups is 1. The summed E-state index contributed by atoms with van der Waals surface area (Å²) >= 11 is 13.1. The first-order chi connectivity index (χ1) is 15.1. The summed E-state index contributed by atoms with van der Waals surface area (Å²) in [7, 11) is -3.96. The molecule has 4 rings (SSSR count). The van der Waals surface area contributed by atoms with Gasteiger partial charge >= 0.3 is 11.7 Å². The van der Waals surface area contributed by atoms with Crippen LogP contribution in [0.5, 0.6) is 0 Å². The van der Waals surface area contributed by atoms with E-state index in [1.165, 1.54) is 35.7 Å². The zero-order valence-corrected chi connectivity index (χ0v) is 19.0. The smallest absolute Gasteiger partial charge is 0.337 e. The Hall–Kier alpha value is -2.92. The van der Waals surface area contributed by atoms with E-state index in [0.717, 1.165) is 17.4 Å². The van der Waals surface area contributed by atoms with Crippen LogP contribution in [-0.2, 0) is 15.6 Å². The number of carboxylic acid groups (broad SMARTS) is 1. The van der Waals surface area contributed by atoms with Crippen LogP contribution in [0.2, 0.25) is 10.0 Å². The highest BCUT2D eigenvalue weighted by Crippen LogP contribution is 2.29. The minimum atomic E-state index is -3.96. The number of nitrogens with zero attached hydrogens (tertiary/aromatic N) is 1. The predicted octanol–water partition coefficient (Wildman–Crippen LogP) is 3.72. The molecular formula is C20H12Cl2N2O6S2. The maximum atomic E-state index is 13.0. The summed E-state index contributed by atoms with van der Waals surface area (Å²) in [5.74, 6) is -1.81. The Kier molecular flexibility index (Phi) is 5.72. The largest absolute Gasteiger partial charge is 0.478 e. The number of aromatic carboxylic acids is 1. The van der Waals surface area contributed by atoms with Crippen molar-refractivity contribution in [1.82, 2.24) is 9.55 Å². The maximum absolute atomic E-state index is 13.0. The summed E-state index contributed by atoms with van der Waals surface area (Å²) in [5.41, 5.74) is -1.76. The fourth-order valence-electron chi connectivity index (χ4n) is 3.17. The third-order valence-corrected chi connectivity index (χ3v) is 7.94. The van der Waals surface area contributed by atoms with Gasteiger partial charge in [-0.1, -0.05) is 35.3 Å². The van der Waals surface area contributed by atoms with Gasteiger partial charge in [0, 0.05) is 21.0 Å². The molecule has 0 aliphatic heterocycles. The zero-order chi connectivity index (χ0) is 23.2. The molecule has 32 heavy (non-hydrogen) atoms. The zero-order valence-electron chi connectivity index (χ0n) is 15.8. The molecule has 0 fully saturated rings. The molecule has 0 unspecified atom stereocenters. The van der Waals surface area contributed by atoms with E-state index in [1.54, 1.807) is 6.07 Å². The normalized spacial score (nSPS) is 11.7. The maximum Gasteiger partial charge on any atom is 0.337 e. The number of rotatable bonds is 5. The Bertz CT molecular complexity index is 1600. The third-order valence-electron chi connectivity index (χ3n) is 4.69. The Morgan fingerprint density at radius 2 is 1.75 bits per heavy atom. The van der Waals surface area contributed by atoms with Crippen LogP contribution in [0.4, 0.5) is 0 Å². The molecular weight excluding hydrogens is 499 g/mol. The average molecular weight is 511 g/mol. The van der Waals surface area contributed by atoms with E-state index in [1.807, 2.05) is 0 Å². The van der Waals surface area contributed by atoms with E-state index in [-0.39, 0.29) is 42.0 Å². The molecule has 0 saturated carbocycles. The van der Waals surface area contributed by atoms with Crippen LogP contribution in [-0.4, -0.2) is 29.0 Å². The number of aromatic amines is 1. The lowest BCUT2D eigenvalue weighted by molar-refractivity contribution is 0.0699. The molecule has 0 aliphatic carbocycles. The molecule has 0 aliphatic rings. The van der Waals surface area contributed by atoms with Gasteiger partial charge in [-0.2, -0.15) is 0 Å². The first-order valence-electron chi connectivity index (χ1n) is 8.86. The van der Waals surface area contributed by atoms with Crippen molar-refractivity contribution in [3.05, 3.63) is 89.9 Å². The monoisotopic (exact) mass is 510 g/mol. The number of nitrogens with one attached hydrogen (secondary N) is 1. The van der Waals surface area contributed by atoms with Crippen LogP contribution in [0.15, 0.2) is 62.3 Å². The second kappa shape index (κ2) is 8.21. The van der Waals surface area contributed by atoms with Crippen molar-refractivity contribution in [2.24, 2.45) is 0 Å². The summed E-state index contributed by atoms with van der Waals surface area (Å²) < 4.78 is 26.7. The molecule has 0 spiro atoms. The number of benzene rings is 2. The molecule has 2 N–H and O–H groups in total. The number of halogens is 2. The van der Waals surface area contributed by atoms with Gasteiger partial charge in [-0.15, -0.1) is 11.3 Å². The minimum absolute atomic E-state index is 0.0352. The van der Waals surface area contributed by atoms with Gasteiger partial charge in [0.1, 0.15) is 4.83 Å². The van der Waals surface area contributed by atoms with Crippen LogP contribution in [0.1, 0.15) is 15.9 Å². The van der Waals surface area contributed by atoms with Gasteiger partial charge in [-0.05, 0) is 30.3 Å². The van der Waals surface area contributed by atoms with Gasteiger partial charge in [-0.25, -0.2) is 22.6 Å². The summed E-state index contributed by atoms with van der Waals surface area (Å²) in [5, 5.41) is 10.8. The molecule has 0 amide bonds. The molecule has 164 valence electrons. The fourth-order valence-corrected chi connectivity index (χ4v) is 6.22. The van der Waals surface area contributed by atoms with Crippen LogP contribution in [0.3, 0.4) is 0 Å². The fraction of sp³-hybridized carbons (Fsp3) is 0.0500. The molecule has 0 radical (unpaired) electrons. The van der Waals surface area contributed by atoms with E-state index >= 15 is 0 Å². The standard InChI is InChI=1S/C20H12Cl2N2O6S2/c21-14-5-2-6-15(22)13(14)9-32(29,30)11-4-1-3-10(7-11)24-18(25)16-12(19(26)27)8-31-17(16)23-20(24)28/h1-8H,9H2,(H,23,28)(H,26,27). The van der Waals surface area contributed by atoms with Crippen molar-refractivity contribution in [2.75, 3.05) is 0 Å². The third kappa shape index (κ3) is 3.86. The van der Waals surface area contributed by atoms with Crippen molar-refractivity contribution < 1.29 is 18.3 Å². The molecule has 12 heteroatoms. The van der Waals surface area contributed by atoms with Crippen LogP contribution in [0.25, 0.3) is 15.9 Å². The lowest BCUT2D eigenvalue weighted by Gasteiger charge is -2.10. The molecule has 4 aromatic rings. The van der Waals surface area contributed by atoms with Gasteiger partial charge in [0.25, 0.3) is 5.56 Å². The SMILES string of the molecule is O=C(O)c1csc2[nH]c(=O)n(-c3cccc(S(=O)(=O)Cc4c(Cl)cccc4Cl)c3)c(=O)c12. The molecule has 0 atom stereocenters. The van der Waals surface area contributed by atoms with Gasteiger partial charge in [0.05, 0.1) is 27.3 Å². The number of aromatic nitrogens is 2. The molecule has 0 bridgehead atoms. The Balaban J connectivity index is 1.86. The van der Waals surface area contributed by atoms with E-state index < -0.39 is 32.8 Å². The number of sulfone groups is 1. The van der Waals surface area contributed by atoms with Crippen molar-refractivity contribution in [3.63, 3.8) is 0 Å². The van der Waals surface area contributed by atoms with Crippen molar-refractivity contribution in [2.45, 2.75) is 10.6 Å². The lowest BCUT2D eigenvalue weighted by Crippen LogP contribution is -2.33. The van der Waals surface area contributed by atoms with Gasteiger partial charge < -0.3 is 5.11 Å². The predicted molar refractivity (Wildman–Crippen MR) is 122 cm³/mol.